The van der Waals surface area contributed by atoms with E-state index < -0.39 is 0 Å². The number of para-hydroxylation sites is 6. The quantitative estimate of drug-likeness (QED) is 0.134. The normalized spacial score (nSPS) is 16.2. The van der Waals surface area contributed by atoms with Crippen LogP contribution in [0.3, 0.4) is 0 Å². The number of allylic oxidation sites excluding steroid dienone is 14. The van der Waals surface area contributed by atoms with E-state index in [9.17, 15) is 0 Å². The number of hydrogen-bond acceptors (Lipinski definition) is 2. The van der Waals surface area contributed by atoms with Gasteiger partial charge in [0.25, 0.3) is 6.71 Å². The monoisotopic (exact) mass is 1310 g/mol. The summed E-state index contributed by atoms with van der Waals surface area (Å²) in [5, 5.41) is 4.87. The fourth-order valence-electron chi connectivity index (χ4n) is 18.2. The van der Waals surface area contributed by atoms with Gasteiger partial charge >= 0.3 is 0 Å². The second kappa shape index (κ2) is 22.9. The van der Waals surface area contributed by atoms with E-state index in [0.29, 0.717) is 0 Å². The van der Waals surface area contributed by atoms with Gasteiger partial charge in [0.15, 0.2) is 0 Å². The minimum atomic E-state index is -0.249. The highest BCUT2D eigenvalue weighted by Crippen LogP contribution is 2.56. The Kier molecular flexibility index (Phi) is 13.2. The molecule has 0 fully saturated rings. The van der Waals surface area contributed by atoms with Gasteiger partial charge in [-0.2, -0.15) is 0 Å². The molecule has 0 spiro atoms. The van der Waals surface area contributed by atoms with E-state index in [0.717, 1.165) is 101 Å². The first-order valence-electron chi connectivity index (χ1n) is 36.2. The molecule has 2 unspecified atom stereocenters. The molecule has 0 radical (unpaired) electrons. The number of anilines is 6. The number of fused-ring (bicyclic) bond motifs is 10. The lowest BCUT2D eigenvalue weighted by Gasteiger charge is -2.46. The SMILES string of the molecule is CC(C)(C)C1=CC2=CC=C3C=C(c4ccc5c(c4)N(c4c(-c6ccccc6)cccc4-c4ccccc4)c4cc(-n6c7ccccc7c7ccccc76)cc6c4B5c4ccc(-n5c7ccccc7c7ccccc75)cc4N6c4c(-c5ccccc5)cccc4-c4ccccc4)C=C4C=CC(=C1)C2C34. The summed E-state index contributed by atoms with van der Waals surface area (Å²) in [5.74, 6) is 0.524. The molecule has 2 aromatic heterocycles. The summed E-state index contributed by atoms with van der Waals surface area (Å²) >= 11 is 0. The lowest BCUT2D eigenvalue weighted by molar-refractivity contribution is 0.500. The van der Waals surface area contributed by atoms with E-state index in [4.69, 9.17) is 0 Å². The van der Waals surface area contributed by atoms with Crippen molar-refractivity contribution < 1.29 is 0 Å². The molecule has 0 saturated heterocycles. The van der Waals surface area contributed by atoms with Gasteiger partial charge in [0.1, 0.15) is 0 Å². The molecule has 2 atom stereocenters. The molecule has 0 bridgehead atoms. The van der Waals surface area contributed by atoms with Crippen LogP contribution < -0.4 is 26.2 Å². The third-order valence-electron chi connectivity index (χ3n) is 22.8. The molecule has 0 amide bonds. The van der Waals surface area contributed by atoms with Crippen LogP contribution in [0.5, 0.6) is 0 Å². The van der Waals surface area contributed by atoms with Gasteiger partial charge in [-0.05, 0) is 138 Å². The molecule has 2 aliphatic heterocycles. The average Bonchev–Trinajstić information content (AvgIpc) is 1.44. The zero-order valence-electron chi connectivity index (χ0n) is 57.5. The Labute approximate surface area is 600 Å². The molecule has 0 N–H and O–H groups in total. The van der Waals surface area contributed by atoms with Crippen LogP contribution in [0.15, 0.2) is 380 Å². The predicted octanol–water partition coefficient (Wildman–Crippen LogP) is 23.5. The van der Waals surface area contributed by atoms with Gasteiger partial charge in [-0.1, -0.05) is 318 Å². The fourth-order valence-corrected chi connectivity index (χ4v) is 18.2. The molecule has 6 aliphatic rings. The van der Waals surface area contributed by atoms with Crippen LogP contribution in [0.25, 0.3) is 105 Å². The number of hydrogen-bond donors (Lipinski definition) is 0. The van der Waals surface area contributed by atoms with Crippen LogP contribution in [-0.2, 0) is 0 Å². The standard InChI is InChI=1S/C98H69BN4/c1-98(2,3)72-56-69-48-46-67-54-71(55-68-47-49-70(57-72)94(69)93(67)68)66-50-52-83-89(58-66)102(96-75(62-26-8-4-9-27-62)38-24-39-76(96)63-28-10-5-11-29-63)91-60-74(101-87-44-22-18-36-81(87)82-37-19-23-45-88(82)101)61-92-95(91)99(83)84-53-51-73(100-85-42-20-16-34-79(85)80-35-17-21-43-86(80)100)59-90(84)103(92)97-77(64-30-12-6-13-31-64)40-25-41-78(97)65-32-14-7-15-33-65/h4-61,93-94H,1-3H3. The lowest BCUT2D eigenvalue weighted by Crippen LogP contribution is -2.61. The molecule has 4 aliphatic carbocycles. The molecule has 13 aromatic carbocycles. The maximum absolute atomic E-state index is 2.71. The number of rotatable bonds is 9. The summed E-state index contributed by atoms with van der Waals surface area (Å²) in [7, 11) is 0. The number of benzene rings is 13. The molecule has 21 rings (SSSR count). The van der Waals surface area contributed by atoms with E-state index in [1.165, 1.54) is 88.0 Å². The van der Waals surface area contributed by atoms with E-state index in [2.05, 4.69) is 392 Å². The second-order valence-electron chi connectivity index (χ2n) is 29.5. The zero-order valence-corrected chi connectivity index (χ0v) is 57.5. The summed E-state index contributed by atoms with van der Waals surface area (Å²) in [5.41, 5.74) is 35.6. The van der Waals surface area contributed by atoms with Crippen molar-refractivity contribution in [1.29, 1.82) is 0 Å². The molecule has 5 heteroatoms. The van der Waals surface area contributed by atoms with Crippen molar-refractivity contribution >= 4 is 106 Å². The number of aromatic nitrogens is 2. The zero-order chi connectivity index (χ0) is 68.2. The van der Waals surface area contributed by atoms with Crippen LogP contribution in [-0.4, -0.2) is 15.8 Å². The van der Waals surface area contributed by atoms with Crippen LogP contribution in [0.4, 0.5) is 34.1 Å². The molecule has 0 saturated carbocycles. The molecule has 15 aromatic rings. The first-order valence-corrected chi connectivity index (χ1v) is 36.2. The average molecular weight is 1310 g/mol. The van der Waals surface area contributed by atoms with Gasteiger partial charge in [-0.25, -0.2) is 0 Å². The Morgan fingerprint density at radius 2 is 0.680 bits per heavy atom. The molecule has 4 nitrogen and oxygen atoms in total. The van der Waals surface area contributed by atoms with Gasteiger partial charge in [-0.3, -0.25) is 0 Å². The maximum atomic E-state index is 2.71. The minimum absolute atomic E-state index is 0.0417. The largest absolute Gasteiger partial charge is 0.310 e. The Hall–Kier alpha value is -12.7. The summed E-state index contributed by atoms with van der Waals surface area (Å²) in [4.78, 5) is 5.40. The van der Waals surface area contributed by atoms with E-state index in [1.807, 2.05) is 0 Å². The Bertz CT molecular complexity index is 6120. The highest BCUT2D eigenvalue weighted by molar-refractivity contribution is 7.00. The van der Waals surface area contributed by atoms with Crippen molar-refractivity contribution in [3.63, 3.8) is 0 Å². The molecule has 484 valence electrons. The third-order valence-corrected chi connectivity index (χ3v) is 22.8. The minimum Gasteiger partial charge on any atom is -0.310 e. The van der Waals surface area contributed by atoms with Crippen molar-refractivity contribution in [2.24, 2.45) is 17.3 Å². The molecule has 103 heavy (non-hydrogen) atoms. The molecule has 4 heterocycles. The van der Waals surface area contributed by atoms with Gasteiger partial charge in [0, 0.05) is 84.1 Å². The number of nitrogens with zero attached hydrogens (tertiary/aromatic N) is 4. The third kappa shape index (κ3) is 9.11. The van der Waals surface area contributed by atoms with Crippen molar-refractivity contribution in [3.8, 4) is 55.9 Å². The Morgan fingerprint density at radius 1 is 0.301 bits per heavy atom. The van der Waals surface area contributed by atoms with Crippen LogP contribution >= 0.6 is 0 Å². The predicted molar refractivity (Wildman–Crippen MR) is 435 cm³/mol. The second-order valence-corrected chi connectivity index (χ2v) is 29.5. The first kappa shape index (κ1) is 59.2. The summed E-state index contributed by atoms with van der Waals surface area (Å²) < 4.78 is 5.04. The Balaban J connectivity index is 0.917. The van der Waals surface area contributed by atoms with Crippen LogP contribution in [0.1, 0.15) is 26.3 Å². The van der Waals surface area contributed by atoms with E-state index >= 15 is 0 Å². The van der Waals surface area contributed by atoms with Crippen molar-refractivity contribution in [1.82, 2.24) is 9.13 Å². The van der Waals surface area contributed by atoms with E-state index in [1.54, 1.807) is 0 Å². The van der Waals surface area contributed by atoms with Gasteiger partial charge < -0.3 is 18.9 Å². The first-order chi connectivity index (χ1) is 50.8. The summed E-state index contributed by atoms with van der Waals surface area (Å²) in [6.45, 7) is 6.75. The van der Waals surface area contributed by atoms with Gasteiger partial charge in [0.05, 0.1) is 39.1 Å². The smallest absolute Gasteiger partial charge is 0.252 e. The van der Waals surface area contributed by atoms with E-state index in [-0.39, 0.29) is 24.0 Å². The van der Waals surface area contributed by atoms with Crippen molar-refractivity contribution in [2.75, 3.05) is 9.80 Å². The van der Waals surface area contributed by atoms with Crippen molar-refractivity contribution in [3.05, 3.63) is 385 Å². The van der Waals surface area contributed by atoms with Crippen LogP contribution in [0.2, 0.25) is 0 Å². The fraction of sp³-hybridized carbons (Fsp3) is 0.0612. The summed E-state index contributed by atoms with van der Waals surface area (Å²) in [6, 6.07) is 114. The van der Waals surface area contributed by atoms with Gasteiger partial charge in [-0.15, -0.1) is 0 Å². The highest BCUT2D eigenvalue weighted by Gasteiger charge is 2.47. The van der Waals surface area contributed by atoms with Crippen molar-refractivity contribution in [2.45, 2.75) is 20.8 Å². The molecular weight excluding hydrogens is 1240 g/mol. The van der Waals surface area contributed by atoms with Crippen LogP contribution in [0, 0.1) is 17.3 Å². The summed E-state index contributed by atoms with van der Waals surface area (Å²) in [6.07, 6.45) is 19.6. The lowest BCUT2D eigenvalue weighted by atomic mass is 9.33. The maximum Gasteiger partial charge on any atom is 0.252 e. The Morgan fingerprint density at radius 3 is 1.13 bits per heavy atom. The molecular formula is C98H69BN4. The van der Waals surface area contributed by atoms with Gasteiger partial charge in [0.2, 0.25) is 0 Å². The topological polar surface area (TPSA) is 16.3 Å². The highest BCUT2D eigenvalue weighted by atomic mass is 15.2.